The highest BCUT2D eigenvalue weighted by Crippen LogP contribution is 2.22. The molecule has 2 aromatic rings. The molecule has 0 saturated carbocycles. The Kier molecular flexibility index (Phi) is 1.43. The summed E-state index contributed by atoms with van der Waals surface area (Å²) in [5.74, 6) is 0. The molecule has 11 heavy (non-hydrogen) atoms. The van der Waals surface area contributed by atoms with Crippen molar-refractivity contribution in [1.29, 1.82) is 0 Å². The molecule has 1 aromatic heterocycles. The lowest BCUT2D eigenvalue weighted by Crippen LogP contribution is -1.75. The Morgan fingerprint density at radius 1 is 1.27 bits per heavy atom. The van der Waals surface area contributed by atoms with Crippen molar-refractivity contribution in [2.45, 2.75) is 13.8 Å². The molecule has 2 rings (SSSR count). The first kappa shape index (κ1) is 6.80. The number of benzene rings is 1. The van der Waals surface area contributed by atoms with E-state index in [-0.39, 0.29) is 0 Å². The van der Waals surface area contributed by atoms with E-state index in [4.69, 9.17) is 0 Å². The van der Waals surface area contributed by atoms with Crippen LogP contribution >= 0.6 is 11.5 Å². The summed E-state index contributed by atoms with van der Waals surface area (Å²) in [5, 5.41) is 1.29. The van der Waals surface area contributed by atoms with Crippen molar-refractivity contribution in [2.75, 3.05) is 0 Å². The summed E-state index contributed by atoms with van der Waals surface area (Å²) in [4.78, 5) is 0. The molecule has 2 heteroatoms. The summed E-state index contributed by atoms with van der Waals surface area (Å²) < 4.78 is 5.44. The minimum Gasteiger partial charge on any atom is -0.200 e. The van der Waals surface area contributed by atoms with Crippen LogP contribution in [0.2, 0.25) is 0 Å². The van der Waals surface area contributed by atoms with Crippen molar-refractivity contribution >= 4 is 21.6 Å². The summed E-state index contributed by atoms with van der Waals surface area (Å²) in [5.41, 5.74) is 2.65. The molecule has 0 N–H and O–H groups in total. The van der Waals surface area contributed by atoms with Crippen LogP contribution in [0.3, 0.4) is 0 Å². The second-order valence-corrected chi connectivity index (χ2v) is 3.65. The number of hydrogen-bond acceptors (Lipinski definition) is 2. The van der Waals surface area contributed by atoms with Crippen LogP contribution in [0.15, 0.2) is 18.3 Å². The van der Waals surface area contributed by atoms with Gasteiger partial charge in [-0.25, -0.2) is 0 Å². The standard InChI is InChI=1S/C9H9NS/c1-6-3-7(2)8-5-10-11-9(8)4-6/h3-5H,1-2H3. The van der Waals surface area contributed by atoms with Gasteiger partial charge in [0.1, 0.15) is 0 Å². The van der Waals surface area contributed by atoms with Gasteiger partial charge in [-0.05, 0) is 42.6 Å². The van der Waals surface area contributed by atoms with Gasteiger partial charge in [0, 0.05) is 11.6 Å². The molecule has 0 aliphatic carbocycles. The van der Waals surface area contributed by atoms with Crippen molar-refractivity contribution in [3.63, 3.8) is 0 Å². The van der Waals surface area contributed by atoms with Crippen LogP contribution in [0.25, 0.3) is 10.1 Å². The van der Waals surface area contributed by atoms with Crippen LogP contribution in [0, 0.1) is 13.8 Å². The molecule has 0 unspecified atom stereocenters. The van der Waals surface area contributed by atoms with Crippen LogP contribution in [-0.4, -0.2) is 4.37 Å². The summed E-state index contributed by atoms with van der Waals surface area (Å²) in [6, 6.07) is 4.37. The van der Waals surface area contributed by atoms with E-state index in [9.17, 15) is 0 Å². The van der Waals surface area contributed by atoms with Crippen LogP contribution in [0.4, 0.5) is 0 Å². The van der Waals surface area contributed by atoms with E-state index < -0.39 is 0 Å². The van der Waals surface area contributed by atoms with Crippen molar-refractivity contribution in [3.8, 4) is 0 Å². The topological polar surface area (TPSA) is 12.9 Å². The van der Waals surface area contributed by atoms with E-state index in [0.29, 0.717) is 0 Å². The zero-order chi connectivity index (χ0) is 7.84. The number of fused-ring (bicyclic) bond motifs is 1. The maximum Gasteiger partial charge on any atom is 0.0555 e. The van der Waals surface area contributed by atoms with E-state index >= 15 is 0 Å². The van der Waals surface area contributed by atoms with Gasteiger partial charge in [-0.2, -0.15) is 4.37 Å². The quantitative estimate of drug-likeness (QED) is 0.582. The SMILES string of the molecule is Cc1cc(C)c2cnsc2c1. The van der Waals surface area contributed by atoms with E-state index in [0.717, 1.165) is 0 Å². The minimum atomic E-state index is 1.29. The van der Waals surface area contributed by atoms with E-state index in [1.165, 1.54) is 21.2 Å². The Labute approximate surface area is 69.8 Å². The molecular formula is C9H9NS. The molecule has 0 aliphatic heterocycles. The third kappa shape index (κ3) is 1.03. The summed E-state index contributed by atoms with van der Waals surface area (Å²) in [6.07, 6.45) is 1.94. The molecule has 1 heterocycles. The van der Waals surface area contributed by atoms with Crippen molar-refractivity contribution in [2.24, 2.45) is 0 Å². The molecule has 56 valence electrons. The number of nitrogens with zero attached hydrogens (tertiary/aromatic N) is 1. The van der Waals surface area contributed by atoms with Gasteiger partial charge in [-0.3, -0.25) is 0 Å². The van der Waals surface area contributed by atoms with Gasteiger partial charge in [0.2, 0.25) is 0 Å². The fourth-order valence-electron chi connectivity index (χ4n) is 1.32. The van der Waals surface area contributed by atoms with Crippen LogP contribution in [-0.2, 0) is 0 Å². The molecule has 0 aliphatic rings. The average Bonchev–Trinajstić information content (AvgIpc) is 2.34. The summed E-state index contributed by atoms with van der Waals surface area (Å²) in [7, 11) is 0. The van der Waals surface area contributed by atoms with Crippen LogP contribution in [0.5, 0.6) is 0 Å². The highest BCUT2D eigenvalue weighted by Gasteiger charge is 1.99. The molecular weight excluding hydrogens is 154 g/mol. The molecule has 0 radical (unpaired) electrons. The summed E-state index contributed by atoms with van der Waals surface area (Å²) in [6.45, 7) is 4.25. The number of aryl methyl sites for hydroxylation is 2. The van der Waals surface area contributed by atoms with Crippen molar-refractivity contribution < 1.29 is 0 Å². The second-order valence-electron chi connectivity index (χ2n) is 2.82. The van der Waals surface area contributed by atoms with Gasteiger partial charge in [0.15, 0.2) is 0 Å². The average molecular weight is 163 g/mol. The first-order valence-corrected chi connectivity index (χ1v) is 4.36. The van der Waals surface area contributed by atoms with Crippen molar-refractivity contribution in [1.82, 2.24) is 4.37 Å². The van der Waals surface area contributed by atoms with Gasteiger partial charge >= 0.3 is 0 Å². The van der Waals surface area contributed by atoms with Gasteiger partial charge in [0.05, 0.1) is 4.70 Å². The molecule has 0 amide bonds. The highest BCUT2D eigenvalue weighted by atomic mass is 32.1. The Bertz CT molecular complexity index is 389. The maximum absolute atomic E-state index is 4.14. The van der Waals surface area contributed by atoms with Gasteiger partial charge in [-0.15, -0.1) is 0 Å². The zero-order valence-electron chi connectivity index (χ0n) is 6.59. The first-order chi connectivity index (χ1) is 5.27. The lowest BCUT2D eigenvalue weighted by atomic mass is 10.1. The number of rotatable bonds is 0. The smallest absolute Gasteiger partial charge is 0.0555 e. The van der Waals surface area contributed by atoms with Gasteiger partial charge < -0.3 is 0 Å². The molecule has 0 atom stereocenters. The third-order valence-corrected chi connectivity index (χ3v) is 2.57. The third-order valence-electron chi connectivity index (χ3n) is 1.83. The Balaban J connectivity index is 2.91. The minimum absolute atomic E-state index is 1.29. The monoisotopic (exact) mass is 163 g/mol. The molecule has 0 saturated heterocycles. The maximum atomic E-state index is 4.14. The lowest BCUT2D eigenvalue weighted by molar-refractivity contribution is 1.43. The predicted octanol–water partition coefficient (Wildman–Crippen LogP) is 2.91. The molecule has 0 fully saturated rings. The lowest BCUT2D eigenvalue weighted by Gasteiger charge is -1.96. The molecule has 1 aromatic carbocycles. The summed E-state index contributed by atoms with van der Waals surface area (Å²) >= 11 is 1.57. The first-order valence-electron chi connectivity index (χ1n) is 3.59. The Morgan fingerprint density at radius 2 is 2.09 bits per heavy atom. The fraction of sp³-hybridized carbons (Fsp3) is 0.222. The number of hydrogen-bond donors (Lipinski definition) is 0. The molecule has 0 bridgehead atoms. The van der Waals surface area contributed by atoms with Gasteiger partial charge in [-0.1, -0.05) is 6.07 Å². The Morgan fingerprint density at radius 3 is 2.91 bits per heavy atom. The second kappa shape index (κ2) is 2.31. The zero-order valence-corrected chi connectivity index (χ0v) is 7.40. The molecule has 0 spiro atoms. The predicted molar refractivity (Wildman–Crippen MR) is 49.1 cm³/mol. The van der Waals surface area contributed by atoms with Crippen LogP contribution in [0.1, 0.15) is 11.1 Å². The van der Waals surface area contributed by atoms with Gasteiger partial charge in [0.25, 0.3) is 0 Å². The number of aromatic nitrogens is 1. The van der Waals surface area contributed by atoms with E-state index in [1.54, 1.807) is 11.5 Å². The van der Waals surface area contributed by atoms with E-state index in [1.807, 2.05) is 6.20 Å². The molecule has 1 nitrogen and oxygen atoms in total. The van der Waals surface area contributed by atoms with E-state index in [2.05, 4.69) is 30.4 Å². The normalized spacial score (nSPS) is 10.7. The highest BCUT2D eigenvalue weighted by molar-refractivity contribution is 7.13. The van der Waals surface area contributed by atoms with Crippen LogP contribution < -0.4 is 0 Å². The largest absolute Gasteiger partial charge is 0.200 e. The Hall–Kier alpha value is -0.890. The van der Waals surface area contributed by atoms with Crippen molar-refractivity contribution in [3.05, 3.63) is 29.5 Å². The fourth-order valence-corrected chi connectivity index (χ4v) is 2.14.